The van der Waals surface area contributed by atoms with E-state index in [9.17, 15) is 4.79 Å². The predicted octanol–water partition coefficient (Wildman–Crippen LogP) is 2.33. The smallest absolute Gasteiger partial charge is 0.226 e. The molecular weight excluding hydrogens is 224 g/mol. The third-order valence-corrected chi connectivity index (χ3v) is 3.19. The molecule has 0 bridgehead atoms. The van der Waals surface area contributed by atoms with Gasteiger partial charge in [-0.3, -0.25) is 4.79 Å². The Morgan fingerprint density at radius 3 is 2.44 bits per heavy atom. The fourth-order valence-corrected chi connectivity index (χ4v) is 2.05. The van der Waals surface area contributed by atoms with Gasteiger partial charge in [-0.1, -0.05) is 43.2 Å². The number of hydrogen-bond donors (Lipinski definition) is 1. The van der Waals surface area contributed by atoms with Crippen molar-refractivity contribution in [2.75, 3.05) is 13.6 Å². The summed E-state index contributed by atoms with van der Waals surface area (Å²) in [4.78, 5) is 14.0. The lowest BCUT2D eigenvalue weighted by molar-refractivity contribution is -0.134. The summed E-state index contributed by atoms with van der Waals surface area (Å²) >= 11 is 0. The Kier molecular flexibility index (Phi) is 5.86. The number of amides is 1. The van der Waals surface area contributed by atoms with Crippen LogP contribution < -0.4 is 5.73 Å². The van der Waals surface area contributed by atoms with E-state index in [2.05, 4.69) is 38.1 Å². The van der Waals surface area contributed by atoms with Crippen LogP contribution in [0.25, 0.3) is 0 Å². The van der Waals surface area contributed by atoms with Crippen molar-refractivity contribution in [2.24, 2.45) is 11.7 Å². The second-order valence-corrected chi connectivity index (χ2v) is 4.90. The van der Waals surface area contributed by atoms with Crippen molar-refractivity contribution < 1.29 is 4.79 Å². The molecule has 100 valence electrons. The lowest BCUT2D eigenvalue weighted by atomic mass is 10.0. The number of rotatable bonds is 6. The van der Waals surface area contributed by atoms with E-state index in [0.717, 1.165) is 18.4 Å². The summed E-state index contributed by atoms with van der Waals surface area (Å²) in [5.41, 5.74) is 8.05. The Bertz CT molecular complexity index is 373. The van der Waals surface area contributed by atoms with E-state index < -0.39 is 0 Å². The third kappa shape index (κ3) is 4.15. The van der Waals surface area contributed by atoms with Crippen molar-refractivity contribution >= 4 is 5.91 Å². The molecule has 1 aromatic rings. The Morgan fingerprint density at radius 1 is 1.33 bits per heavy atom. The highest BCUT2D eigenvalue weighted by Gasteiger charge is 2.19. The van der Waals surface area contributed by atoms with E-state index in [4.69, 9.17) is 5.73 Å². The molecule has 1 aromatic carbocycles. The van der Waals surface area contributed by atoms with Crippen LogP contribution in [0.15, 0.2) is 24.3 Å². The third-order valence-electron chi connectivity index (χ3n) is 3.19. The maximum Gasteiger partial charge on any atom is 0.226 e. The van der Waals surface area contributed by atoms with E-state index in [1.54, 1.807) is 4.90 Å². The molecule has 0 saturated carbocycles. The van der Waals surface area contributed by atoms with Crippen molar-refractivity contribution in [1.82, 2.24) is 4.90 Å². The van der Waals surface area contributed by atoms with Crippen LogP contribution in [-0.4, -0.2) is 24.4 Å². The van der Waals surface area contributed by atoms with Crippen LogP contribution in [0.2, 0.25) is 0 Å². The fraction of sp³-hybridized carbons (Fsp3) is 0.533. The number of carbonyl (C=O) groups excluding carboxylic acids is 1. The van der Waals surface area contributed by atoms with Crippen molar-refractivity contribution in [3.63, 3.8) is 0 Å². The van der Waals surface area contributed by atoms with Crippen LogP contribution in [0.4, 0.5) is 0 Å². The Morgan fingerprint density at radius 2 is 1.94 bits per heavy atom. The Balaban J connectivity index is 2.61. The number of nitrogens with zero attached hydrogens (tertiary/aromatic N) is 1. The minimum Gasteiger partial charge on any atom is -0.341 e. The average Bonchev–Trinajstić information content (AvgIpc) is 2.37. The minimum atomic E-state index is -0.0366. The van der Waals surface area contributed by atoms with Crippen molar-refractivity contribution in [3.05, 3.63) is 35.4 Å². The number of carbonyl (C=O) groups is 1. The highest BCUT2D eigenvalue weighted by Crippen LogP contribution is 2.12. The van der Waals surface area contributed by atoms with E-state index in [-0.39, 0.29) is 11.8 Å². The molecule has 0 spiro atoms. The van der Waals surface area contributed by atoms with Crippen LogP contribution >= 0.6 is 0 Å². The van der Waals surface area contributed by atoms with Gasteiger partial charge in [-0.25, -0.2) is 0 Å². The van der Waals surface area contributed by atoms with Gasteiger partial charge in [-0.05, 0) is 18.9 Å². The predicted molar refractivity (Wildman–Crippen MR) is 75.1 cm³/mol. The molecule has 18 heavy (non-hydrogen) atoms. The van der Waals surface area contributed by atoms with Crippen molar-refractivity contribution in [2.45, 2.75) is 33.2 Å². The average molecular weight is 248 g/mol. The van der Waals surface area contributed by atoms with Gasteiger partial charge in [0, 0.05) is 20.1 Å². The van der Waals surface area contributed by atoms with E-state index in [0.29, 0.717) is 13.1 Å². The molecule has 1 amide bonds. The van der Waals surface area contributed by atoms with Crippen molar-refractivity contribution in [3.8, 4) is 0 Å². The summed E-state index contributed by atoms with van der Waals surface area (Å²) < 4.78 is 0. The molecule has 3 heteroatoms. The lowest BCUT2D eigenvalue weighted by Gasteiger charge is -2.22. The molecule has 0 heterocycles. The molecule has 3 nitrogen and oxygen atoms in total. The highest BCUT2D eigenvalue weighted by atomic mass is 16.2. The summed E-state index contributed by atoms with van der Waals surface area (Å²) in [6.45, 7) is 5.23. The maximum atomic E-state index is 12.2. The molecule has 0 saturated heterocycles. The van der Waals surface area contributed by atoms with Gasteiger partial charge in [0.25, 0.3) is 0 Å². The zero-order valence-corrected chi connectivity index (χ0v) is 11.6. The largest absolute Gasteiger partial charge is 0.341 e. The van der Waals surface area contributed by atoms with E-state index in [1.165, 1.54) is 5.56 Å². The summed E-state index contributed by atoms with van der Waals surface area (Å²) in [6, 6.07) is 8.27. The molecule has 1 atom stereocenters. The standard InChI is InChI=1S/C15H24N2O/c1-4-5-14(10-16)15(18)17(3)11-13-8-6-12(2)7-9-13/h6-9,14H,4-5,10-11,16H2,1-3H3. The fourth-order valence-electron chi connectivity index (χ4n) is 2.05. The van der Waals surface area contributed by atoms with Gasteiger partial charge in [0.15, 0.2) is 0 Å². The topological polar surface area (TPSA) is 46.3 Å². The second kappa shape index (κ2) is 7.17. The van der Waals surface area contributed by atoms with Gasteiger partial charge in [-0.2, -0.15) is 0 Å². The quantitative estimate of drug-likeness (QED) is 0.840. The molecule has 0 aliphatic rings. The number of aryl methyl sites for hydroxylation is 1. The summed E-state index contributed by atoms with van der Waals surface area (Å²) in [6.07, 6.45) is 1.86. The second-order valence-electron chi connectivity index (χ2n) is 4.90. The van der Waals surface area contributed by atoms with Crippen LogP contribution in [-0.2, 0) is 11.3 Å². The SMILES string of the molecule is CCCC(CN)C(=O)N(C)Cc1ccc(C)cc1. The van der Waals surface area contributed by atoms with Gasteiger partial charge in [0.2, 0.25) is 5.91 Å². The maximum absolute atomic E-state index is 12.2. The first-order chi connectivity index (χ1) is 8.58. The van der Waals surface area contributed by atoms with E-state index >= 15 is 0 Å². The first kappa shape index (κ1) is 14.7. The molecule has 1 rings (SSSR count). The zero-order valence-electron chi connectivity index (χ0n) is 11.6. The normalized spacial score (nSPS) is 12.2. The van der Waals surface area contributed by atoms with Crippen LogP contribution in [0.5, 0.6) is 0 Å². The van der Waals surface area contributed by atoms with Crippen LogP contribution in [0, 0.1) is 12.8 Å². The monoisotopic (exact) mass is 248 g/mol. The zero-order chi connectivity index (χ0) is 13.5. The van der Waals surface area contributed by atoms with E-state index in [1.807, 2.05) is 7.05 Å². The Hall–Kier alpha value is -1.35. The molecule has 0 radical (unpaired) electrons. The number of nitrogens with two attached hydrogens (primary N) is 1. The molecule has 0 aromatic heterocycles. The molecule has 0 aliphatic heterocycles. The molecular formula is C15H24N2O. The van der Waals surface area contributed by atoms with Crippen LogP contribution in [0.3, 0.4) is 0 Å². The van der Waals surface area contributed by atoms with Gasteiger partial charge < -0.3 is 10.6 Å². The summed E-state index contributed by atoms with van der Waals surface area (Å²) in [5.74, 6) is 0.116. The van der Waals surface area contributed by atoms with Gasteiger partial charge in [0.1, 0.15) is 0 Å². The number of hydrogen-bond acceptors (Lipinski definition) is 2. The first-order valence-corrected chi connectivity index (χ1v) is 6.59. The van der Waals surface area contributed by atoms with Gasteiger partial charge >= 0.3 is 0 Å². The minimum absolute atomic E-state index is 0.0366. The van der Waals surface area contributed by atoms with Gasteiger partial charge in [0.05, 0.1) is 5.92 Å². The summed E-state index contributed by atoms with van der Waals surface area (Å²) in [7, 11) is 1.85. The molecule has 0 aliphatic carbocycles. The molecule has 0 fully saturated rings. The molecule has 1 unspecified atom stereocenters. The molecule has 2 N–H and O–H groups in total. The first-order valence-electron chi connectivity index (χ1n) is 6.59. The highest BCUT2D eigenvalue weighted by molar-refractivity contribution is 5.78. The van der Waals surface area contributed by atoms with Crippen LogP contribution in [0.1, 0.15) is 30.9 Å². The summed E-state index contributed by atoms with van der Waals surface area (Å²) in [5, 5.41) is 0. The van der Waals surface area contributed by atoms with Gasteiger partial charge in [-0.15, -0.1) is 0 Å². The van der Waals surface area contributed by atoms with Crippen molar-refractivity contribution in [1.29, 1.82) is 0 Å². The Labute approximate surface area is 110 Å². The lowest BCUT2D eigenvalue weighted by Crippen LogP contribution is -2.36. The number of benzene rings is 1.